The van der Waals surface area contributed by atoms with Gasteiger partial charge in [0.15, 0.2) is 0 Å². The molecule has 2 N–H and O–H groups in total. The standard InChI is InChI=1S/C12H16N4O/c13-9-5-10-1-2-11(6-9)16(10)12(17)8-3-4-14-15-7-8/h3-4,7,9-11H,1-2,5-6,13H2. The summed E-state index contributed by atoms with van der Waals surface area (Å²) in [6.07, 6.45) is 7.13. The van der Waals surface area contributed by atoms with E-state index in [4.69, 9.17) is 5.73 Å². The Morgan fingerprint density at radius 2 is 2.00 bits per heavy atom. The molecule has 3 heterocycles. The first kappa shape index (κ1) is 10.7. The van der Waals surface area contributed by atoms with Gasteiger partial charge in [0.05, 0.1) is 18.0 Å². The lowest BCUT2D eigenvalue weighted by Crippen LogP contribution is -2.50. The van der Waals surface area contributed by atoms with Crippen LogP contribution < -0.4 is 5.73 Å². The highest BCUT2D eigenvalue weighted by Crippen LogP contribution is 2.35. The molecular weight excluding hydrogens is 216 g/mol. The molecule has 5 heteroatoms. The van der Waals surface area contributed by atoms with Crippen molar-refractivity contribution in [3.63, 3.8) is 0 Å². The number of carbonyl (C=O) groups is 1. The van der Waals surface area contributed by atoms with Crippen LogP contribution in [0.3, 0.4) is 0 Å². The van der Waals surface area contributed by atoms with Gasteiger partial charge in [-0.25, -0.2) is 0 Å². The summed E-state index contributed by atoms with van der Waals surface area (Å²) >= 11 is 0. The Morgan fingerprint density at radius 3 is 2.59 bits per heavy atom. The highest BCUT2D eigenvalue weighted by molar-refractivity contribution is 5.94. The molecule has 2 unspecified atom stereocenters. The molecule has 1 amide bonds. The zero-order chi connectivity index (χ0) is 11.8. The molecule has 2 fully saturated rings. The van der Waals surface area contributed by atoms with Gasteiger partial charge in [0, 0.05) is 18.1 Å². The number of fused-ring (bicyclic) bond motifs is 2. The van der Waals surface area contributed by atoms with Crippen LogP contribution in [0.2, 0.25) is 0 Å². The molecule has 1 aromatic heterocycles. The number of hydrogen-bond acceptors (Lipinski definition) is 4. The second-order valence-electron chi connectivity index (χ2n) is 4.96. The van der Waals surface area contributed by atoms with Crippen LogP contribution in [0.5, 0.6) is 0 Å². The van der Waals surface area contributed by atoms with Gasteiger partial charge in [0.1, 0.15) is 0 Å². The second-order valence-corrected chi connectivity index (χ2v) is 4.96. The zero-order valence-electron chi connectivity index (χ0n) is 9.62. The van der Waals surface area contributed by atoms with Crippen LogP contribution in [-0.2, 0) is 0 Å². The third kappa shape index (κ3) is 1.80. The Balaban J connectivity index is 1.84. The summed E-state index contributed by atoms with van der Waals surface area (Å²) in [5.41, 5.74) is 6.63. The summed E-state index contributed by atoms with van der Waals surface area (Å²) in [6.45, 7) is 0. The smallest absolute Gasteiger partial charge is 0.256 e. The van der Waals surface area contributed by atoms with Crippen molar-refractivity contribution in [3.05, 3.63) is 24.0 Å². The van der Waals surface area contributed by atoms with Gasteiger partial charge in [-0.15, -0.1) is 0 Å². The van der Waals surface area contributed by atoms with Crippen LogP contribution in [0, 0.1) is 0 Å². The topological polar surface area (TPSA) is 72.1 Å². The molecule has 5 nitrogen and oxygen atoms in total. The number of carbonyl (C=O) groups excluding carboxylic acids is 1. The van der Waals surface area contributed by atoms with E-state index in [1.807, 2.05) is 4.90 Å². The number of piperidine rings is 1. The van der Waals surface area contributed by atoms with E-state index in [0.29, 0.717) is 17.6 Å². The van der Waals surface area contributed by atoms with Crippen molar-refractivity contribution in [1.82, 2.24) is 15.1 Å². The third-order valence-electron chi connectivity index (χ3n) is 3.84. The molecule has 3 rings (SSSR count). The Labute approximate surface area is 100 Å². The lowest BCUT2D eigenvalue weighted by molar-refractivity contribution is 0.0574. The van der Waals surface area contributed by atoms with Crippen LogP contribution in [-0.4, -0.2) is 39.1 Å². The second kappa shape index (κ2) is 4.07. The van der Waals surface area contributed by atoms with E-state index >= 15 is 0 Å². The molecule has 2 aliphatic heterocycles. The molecule has 2 bridgehead atoms. The summed E-state index contributed by atoms with van der Waals surface area (Å²) in [5, 5.41) is 7.46. The normalized spacial score (nSPS) is 31.6. The summed E-state index contributed by atoms with van der Waals surface area (Å²) < 4.78 is 0. The first-order valence-corrected chi connectivity index (χ1v) is 6.10. The van der Waals surface area contributed by atoms with Gasteiger partial charge in [-0.1, -0.05) is 0 Å². The fraction of sp³-hybridized carbons (Fsp3) is 0.583. The van der Waals surface area contributed by atoms with Crippen molar-refractivity contribution in [1.29, 1.82) is 0 Å². The van der Waals surface area contributed by atoms with Gasteiger partial charge in [-0.05, 0) is 31.7 Å². The highest BCUT2D eigenvalue weighted by atomic mass is 16.2. The minimum absolute atomic E-state index is 0.0827. The van der Waals surface area contributed by atoms with E-state index in [-0.39, 0.29) is 11.9 Å². The van der Waals surface area contributed by atoms with Crippen LogP contribution >= 0.6 is 0 Å². The maximum atomic E-state index is 12.4. The first-order chi connectivity index (χ1) is 8.25. The van der Waals surface area contributed by atoms with E-state index in [0.717, 1.165) is 25.7 Å². The predicted octanol–water partition coefficient (Wildman–Crippen LogP) is 0.571. The average Bonchev–Trinajstić information content (AvgIpc) is 2.62. The SMILES string of the molecule is NC1CC2CCC(C1)N2C(=O)c1ccnnc1. The number of nitrogens with zero attached hydrogens (tertiary/aromatic N) is 3. The van der Waals surface area contributed by atoms with E-state index in [9.17, 15) is 4.79 Å². The van der Waals surface area contributed by atoms with Crippen LogP contribution in [0.1, 0.15) is 36.0 Å². The monoisotopic (exact) mass is 232 g/mol. The van der Waals surface area contributed by atoms with E-state index in [1.54, 1.807) is 12.3 Å². The van der Waals surface area contributed by atoms with E-state index in [2.05, 4.69) is 10.2 Å². The zero-order valence-corrected chi connectivity index (χ0v) is 9.62. The van der Waals surface area contributed by atoms with Gasteiger partial charge in [-0.3, -0.25) is 4.79 Å². The van der Waals surface area contributed by atoms with Crippen molar-refractivity contribution in [3.8, 4) is 0 Å². The molecular formula is C12H16N4O. The molecule has 90 valence electrons. The predicted molar refractivity (Wildman–Crippen MR) is 62.2 cm³/mol. The van der Waals surface area contributed by atoms with Crippen molar-refractivity contribution in [2.45, 2.75) is 43.8 Å². The fourth-order valence-corrected chi connectivity index (χ4v) is 3.12. The summed E-state index contributed by atoms with van der Waals surface area (Å²) in [5.74, 6) is 0.0827. The van der Waals surface area contributed by atoms with Gasteiger partial charge in [0.25, 0.3) is 5.91 Å². The van der Waals surface area contributed by atoms with Gasteiger partial charge >= 0.3 is 0 Å². The highest BCUT2D eigenvalue weighted by Gasteiger charge is 2.42. The number of amides is 1. The Hall–Kier alpha value is -1.49. The summed E-state index contributed by atoms with van der Waals surface area (Å²) in [7, 11) is 0. The van der Waals surface area contributed by atoms with Gasteiger partial charge in [-0.2, -0.15) is 10.2 Å². The lowest BCUT2D eigenvalue weighted by Gasteiger charge is -2.37. The molecule has 2 atom stereocenters. The molecule has 0 aromatic carbocycles. The molecule has 2 saturated heterocycles. The van der Waals surface area contributed by atoms with Crippen LogP contribution in [0.25, 0.3) is 0 Å². The number of aromatic nitrogens is 2. The Bertz CT molecular complexity index is 408. The number of rotatable bonds is 1. The van der Waals surface area contributed by atoms with Crippen molar-refractivity contribution in [2.75, 3.05) is 0 Å². The third-order valence-corrected chi connectivity index (χ3v) is 3.84. The largest absolute Gasteiger partial charge is 0.333 e. The molecule has 0 spiro atoms. The maximum Gasteiger partial charge on any atom is 0.256 e. The minimum atomic E-state index is 0.0827. The molecule has 1 aromatic rings. The fourth-order valence-electron chi connectivity index (χ4n) is 3.12. The van der Waals surface area contributed by atoms with Crippen LogP contribution in [0.15, 0.2) is 18.5 Å². The van der Waals surface area contributed by atoms with Crippen molar-refractivity contribution in [2.24, 2.45) is 5.73 Å². The number of hydrogen-bond donors (Lipinski definition) is 1. The van der Waals surface area contributed by atoms with E-state index in [1.165, 1.54) is 6.20 Å². The van der Waals surface area contributed by atoms with Gasteiger partial charge in [0.2, 0.25) is 0 Å². The first-order valence-electron chi connectivity index (χ1n) is 6.10. The Kier molecular flexibility index (Phi) is 2.55. The number of nitrogens with two attached hydrogens (primary N) is 1. The maximum absolute atomic E-state index is 12.4. The van der Waals surface area contributed by atoms with Crippen molar-refractivity contribution < 1.29 is 4.79 Å². The summed E-state index contributed by atoms with van der Waals surface area (Å²) in [4.78, 5) is 14.4. The minimum Gasteiger partial charge on any atom is -0.333 e. The quantitative estimate of drug-likeness (QED) is 0.768. The van der Waals surface area contributed by atoms with Crippen LogP contribution in [0.4, 0.5) is 0 Å². The molecule has 17 heavy (non-hydrogen) atoms. The van der Waals surface area contributed by atoms with Crippen molar-refractivity contribution >= 4 is 5.91 Å². The molecule has 0 saturated carbocycles. The van der Waals surface area contributed by atoms with Gasteiger partial charge < -0.3 is 10.6 Å². The molecule has 2 aliphatic rings. The lowest BCUT2D eigenvalue weighted by atomic mass is 9.97. The Morgan fingerprint density at radius 1 is 1.29 bits per heavy atom. The molecule has 0 radical (unpaired) electrons. The van der Waals surface area contributed by atoms with E-state index < -0.39 is 0 Å². The average molecular weight is 232 g/mol. The summed E-state index contributed by atoms with van der Waals surface area (Å²) in [6, 6.07) is 2.63. The molecule has 0 aliphatic carbocycles.